The molecule has 0 bridgehead atoms. The second-order valence-electron chi connectivity index (χ2n) is 0.689. The zero-order valence-electron chi connectivity index (χ0n) is 3.20. The van der Waals surface area contributed by atoms with Crippen molar-refractivity contribution in [1.29, 1.82) is 0 Å². The third kappa shape index (κ3) is 14.0. The van der Waals surface area contributed by atoms with Gasteiger partial charge in [-0.05, 0) is 6.42 Å². The Hall–Kier alpha value is 0.220. The van der Waals surface area contributed by atoms with E-state index in [2.05, 4.69) is 0 Å². The maximum absolute atomic E-state index is 10.7. The summed E-state index contributed by atoms with van der Waals surface area (Å²) in [5.74, 6) is 0. The van der Waals surface area contributed by atoms with Crippen LogP contribution in [-0.2, 0) is 0 Å². The molecule has 0 aliphatic carbocycles. The van der Waals surface area contributed by atoms with Gasteiger partial charge in [0.2, 0.25) is 0 Å². The van der Waals surface area contributed by atoms with Crippen LogP contribution in [-0.4, -0.2) is 6.67 Å². The van der Waals surface area contributed by atoms with Crippen LogP contribution in [0, 0.1) is 0 Å². The van der Waals surface area contributed by atoms with Crippen molar-refractivity contribution in [3.8, 4) is 0 Å². The van der Waals surface area contributed by atoms with Crippen LogP contribution in [0.3, 0.4) is 0 Å². The highest BCUT2D eigenvalue weighted by Gasteiger charge is 1.60. The third-order valence-electron chi connectivity index (χ3n) is 0.189. The van der Waals surface area contributed by atoms with E-state index >= 15 is 0 Å². The first kappa shape index (κ1) is 8.97. The lowest BCUT2D eigenvalue weighted by Gasteiger charge is -1.64. The topological polar surface area (TPSA) is 0 Å². The molecule has 0 fully saturated rings. The standard InChI is InChI=1S/C3H7F.ClH/c1-2-3-4;/h2-3H2,1H3;1H. The van der Waals surface area contributed by atoms with Gasteiger partial charge in [-0.15, -0.1) is 12.4 Å². The number of halogens is 2. The van der Waals surface area contributed by atoms with Gasteiger partial charge in [-0.2, -0.15) is 0 Å². The predicted molar refractivity (Wildman–Crippen MR) is 23.5 cm³/mol. The molecule has 0 aromatic carbocycles. The average Bonchev–Trinajstić information content (AvgIpc) is 1.37. The van der Waals surface area contributed by atoms with E-state index in [1.807, 2.05) is 0 Å². The van der Waals surface area contributed by atoms with Gasteiger partial charge in [-0.25, -0.2) is 0 Å². The summed E-state index contributed by atoms with van der Waals surface area (Å²) in [7, 11) is 0. The fraction of sp³-hybridized carbons (Fsp3) is 1.00. The molecule has 0 saturated heterocycles. The first-order valence-electron chi connectivity index (χ1n) is 1.47. The van der Waals surface area contributed by atoms with Gasteiger partial charge >= 0.3 is 0 Å². The zero-order valence-corrected chi connectivity index (χ0v) is 4.02. The lowest BCUT2D eigenvalue weighted by atomic mass is 10.6. The molecule has 0 spiro atoms. The van der Waals surface area contributed by atoms with Crippen LogP contribution in [0.25, 0.3) is 0 Å². The quantitative estimate of drug-likeness (QED) is 0.469. The Bertz CT molecular complexity index is 8.85. The normalized spacial score (nSPS) is 6.00. The van der Waals surface area contributed by atoms with E-state index in [0.717, 1.165) is 0 Å². The number of hydrogen-bond acceptors (Lipinski definition) is 0. The van der Waals surface area contributed by atoms with Gasteiger partial charge in [-0.3, -0.25) is 4.39 Å². The number of rotatable bonds is 1. The van der Waals surface area contributed by atoms with E-state index in [-0.39, 0.29) is 19.1 Å². The van der Waals surface area contributed by atoms with Crippen LogP contribution in [0.5, 0.6) is 0 Å². The van der Waals surface area contributed by atoms with E-state index in [1.165, 1.54) is 0 Å². The number of hydrogen-bond donors (Lipinski definition) is 0. The van der Waals surface area contributed by atoms with Crippen LogP contribution >= 0.6 is 12.4 Å². The minimum Gasteiger partial charge on any atom is -0.251 e. The second kappa shape index (κ2) is 8.88. The molecule has 0 heterocycles. The molecular weight excluding hydrogens is 90.5 g/mol. The first-order valence-corrected chi connectivity index (χ1v) is 1.47. The van der Waals surface area contributed by atoms with Crippen molar-refractivity contribution in [2.75, 3.05) is 6.67 Å². The van der Waals surface area contributed by atoms with Crippen molar-refractivity contribution in [3.05, 3.63) is 0 Å². The molecular formula is C3H8ClF. The Balaban J connectivity index is 0. The molecule has 2 heteroatoms. The van der Waals surface area contributed by atoms with Crippen LogP contribution in [0.15, 0.2) is 0 Å². The molecule has 0 radical (unpaired) electrons. The van der Waals surface area contributed by atoms with E-state index in [9.17, 15) is 4.39 Å². The summed E-state index contributed by atoms with van der Waals surface area (Å²) in [6, 6.07) is 0. The molecule has 5 heavy (non-hydrogen) atoms. The van der Waals surface area contributed by atoms with Gasteiger partial charge in [0.15, 0.2) is 0 Å². The van der Waals surface area contributed by atoms with E-state index in [0.29, 0.717) is 6.42 Å². The molecule has 0 atom stereocenters. The number of alkyl halides is 1. The van der Waals surface area contributed by atoms with Crippen molar-refractivity contribution in [3.63, 3.8) is 0 Å². The largest absolute Gasteiger partial charge is 0.251 e. The van der Waals surface area contributed by atoms with Crippen molar-refractivity contribution < 1.29 is 4.39 Å². The van der Waals surface area contributed by atoms with Crippen molar-refractivity contribution in [1.82, 2.24) is 0 Å². The summed E-state index contributed by atoms with van der Waals surface area (Å²) < 4.78 is 10.7. The van der Waals surface area contributed by atoms with Crippen molar-refractivity contribution >= 4 is 12.4 Å². The SMILES string of the molecule is CCCF.Cl. The molecule has 0 aliphatic heterocycles. The lowest BCUT2D eigenvalue weighted by molar-refractivity contribution is 0.487. The first-order chi connectivity index (χ1) is 1.91. The van der Waals surface area contributed by atoms with E-state index < -0.39 is 0 Å². The van der Waals surface area contributed by atoms with Gasteiger partial charge in [0, 0.05) is 0 Å². The molecule has 0 rings (SSSR count). The molecule has 0 nitrogen and oxygen atoms in total. The summed E-state index contributed by atoms with van der Waals surface area (Å²) >= 11 is 0. The summed E-state index contributed by atoms with van der Waals surface area (Å²) in [6.45, 7) is 1.62. The van der Waals surface area contributed by atoms with Crippen LogP contribution in [0.1, 0.15) is 13.3 Å². The molecule has 0 aromatic rings. The smallest absolute Gasteiger partial charge is 0.0891 e. The minimum atomic E-state index is -0.181. The lowest BCUT2D eigenvalue weighted by Crippen LogP contribution is -1.58. The molecule has 0 unspecified atom stereocenters. The van der Waals surface area contributed by atoms with Crippen molar-refractivity contribution in [2.45, 2.75) is 13.3 Å². The molecule has 0 aliphatic rings. The Morgan fingerprint density at radius 1 is 1.60 bits per heavy atom. The molecule has 0 N–H and O–H groups in total. The monoisotopic (exact) mass is 98.0 g/mol. The molecule has 0 saturated carbocycles. The maximum atomic E-state index is 10.7. The van der Waals surface area contributed by atoms with Gasteiger partial charge in [0.1, 0.15) is 0 Å². The second-order valence-corrected chi connectivity index (χ2v) is 0.689. The Morgan fingerprint density at radius 2 is 1.80 bits per heavy atom. The average molecular weight is 98.5 g/mol. The molecule has 0 aromatic heterocycles. The minimum absolute atomic E-state index is 0. The zero-order chi connectivity index (χ0) is 3.41. The molecule has 0 amide bonds. The fourth-order valence-corrected chi connectivity index (χ4v) is 0. The van der Waals surface area contributed by atoms with Crippen LogP contribution in [0.2, 0.25) is 0 Å². The predicted octanol–water partition coefficient (Wildman–Crippen LogP) is 1.79. The third-order valence-corrected chi connectivity index (χ3v) is 0.189. The summed E-state index contributed by atoms with van der Waals surface area (Å²) in [6.07, 6.45) is 0.653. The maximum Gasteiger partial charge on any atom is 0.0891 e. The van der Waals surface area contributed by atoms with Gasteiger partial charge < -0.3 is 0 Å². The van der Waals surface area contributed by atoms with Gasteiger partial charge in [-0.1, -0.05) is 6.92 Å². The Morgan fingerprint density at radius 3 is 1.80 bits per heavy atom. The van der Waals surface area contributed by atoms with E-state index in [1.54, 1.807) is 6.92 Å². The van der Waals surface area contributed by atoms with Gasteiger partial charge in [0.25, 0.3) is 0 Å². The summed E-state index contributed by atoms with van der Waals surface area (Å²) in [4.78, 5) is 0. The summed E-state index contributed by atoms with van der Waals surface area (Å²) in [5, 5.41) is 0. The fourth-order valence-electron chi connectivity index (χ4n) is 0. The Kier molecular flexibility index (Phi) is 15.9. The van der Waals surface area contributed by atoms with Crippen molar-refractivity contribution in [2.24, 2.45) is 0 Å². The van der Waals surface area contributed by atoms with Crippen LogP contribution < -0.4 is 0 Å². The Labute approximate surface area is 37.8 Å². The van der Waals surface area contributed by atoms with E-state index in [4.69, 9.17) is 0 Å². The van der Waals surface area contributed by atoms with Gasteiger partial charge in [0.05, 0.1) is 6.67 Å². The highest BCUT2D eigenvalue weighted by molar-refractivity contribution is 5.85. The highest BCUT2D eigenvalue weighted by atomic mass is 35.5. The summed E-state index contributed by atoms with van der Waals surface area (Å²) in [5.41, 5.74) is 0. The molecule has 34 valence electrons. The highest BCUT2D eigenvalue weighted by Crippen LogP contribution is 1.69. The van der Waals surface area contributed by atoms with Crippen LogP contribution in [0.4, 0.5) is 4.39 Å².